The van der Waals surface area contributed by atoms with Crippen molar-refractivity contribution in [2.24, 2.45) is 18.0 Å². The Morgan fingerprint density at radius 3 is 2.59 bits per heavy atom. The van der Waals surface area contributed by atoms with Crippen LogP contribution in [0.2, 0.25) is 0 Å². The molecule has 0 saturated carbocycles. The smallest absolute Gasteiger partial charge is 0.277 e. The van der Waals surface area contributed by atoms with Crippen molar-refractivity contribution in [3.05, 3.63) is 59.0 Å². The van der Waals surface area contributed by atoms with Crippen LogP contribution in [-0.4, -0.2) is 61.1 Å². The number of amides is 2. The van der Waals surface area contributed by atoms with E-state index in [2.05, 4.69) is 20.4 Å². The van der Waals surface area contributed by atoms with Gasteiger partial charge in [0.05, 0.1) is 40.3 Å². The number of aromatic nitrogens is 3. The minimum atomic E-state index is -1.06. The Labute approximate surface area is 220 Å². The fourth-order valence-electron chi connectivity index (χ4n) is 5.35. The van der Waals surface area contributed by atoms with Crippen molar-refractivity contribution in [1.82, 2.24) is 25.0 Å². The van der Waals surface area contributed by atoms with Crippen LogP contribution in [0, 0.1) is 12.8 Å². The molecule has 0 aliphatic carbocycles. The van der Waals surface area contributed by atoms with Crippen LogP contribution in [0.25, 0.3) is 10.4 Å². The number of hydrogen-bond acceptors (Lipinski definition) is 7. The number of β-amino-alcohol motifs (C(OH)–C–C–N with tert-alkyl or cyclic N) is 1. The van der Waals surface area contributed by atoms with Crippen LogP contribution in [0.15, 0.2) is 47.2 Å². The Kier molecular flexibility index (Phi) is 6.49. The van der Waals surface area contributed by atoms with E-state index in [1.54, 1.807) is 27.1 Å². The monoisotopic (exact) mass is 520 g/mol. The van der Waals surface area contributed by atoms with E-state index < -0.39 is 23.6 Å². The summed E-state index contributed by atoms with van der Waals surface area (Å²) in [6.45, 7) is 7.98. The minimum Gasteiger partial charge on any atom is -0.391 e. The normalized spacial score (nSPS) is 24.5. The third-order valence-electron chi connectivity index (χ3n) is 7.39. The summed E-state index contributed by atoms with van der Waals surface area (Å²) >= 11 is 1.58. The van der Waals surface area contributed by atoms with Crippen LogP contribution in [0.3, 0.4) is 0 Å². The highest BCUT2D eigenvalue weighted by atomic mass is 32.1. The van der Waals surface area contributed by atoms with Gasteiger partial charge in [0.1, 0.15) is 11.4 Å². The molecule has 2 aliphatic rings. The predicted octanol–water partition coefficient (Wildman–Crippen LogP) is 3.00. The van der Waals surface area contributed by atoms with Crippen LogP contribution in [0.1, 0.15) is 49.9 Å². The number of aliphatic imine (C=N–C) groups is 1. The van der Waals surface area contributed by atoms with Gasteiger partial charge in [-0.15, -0.1) is 11.3 Å². The number of thiazole rings is 1. The molecule has 2 aromatic heterocycles. The van der Waals surface area contributed by atoms with Crippen molar-refractivity contribution in [2.75, 3.05) is 6.54 Å². The summed E-state index contributed by atoms with van der Waals surface area (Å²) in [5, 5.41) is 18.1. The lowest BCUT2D eigenvalue weighted by Gasteiger charge is -2.31. The first-order valence-electron chi connectivity index (χ1n) is 12.5. The van der Waals surface area contributed by atoms with Crippen molar-refractivity contribution in [3.8, 4) is 10.4 Å². The van der Waals surface area contributed by atoms with Crippen molar-refractivity contribution in [3.63, 3.8) is 0 Å². The molecule has 0 spiro atoms. The number of aryl methyl sites for hydroxylation is 2. The summed E-state index contributed by atoms with van der Waals surface area (Å²) in [7, 11) is 1.82. The number of nitrogens with zero attached hydrogens (tertiary/aromatic N) is 5. The molecule has 1 saturated heterocycles. The van der Waals surface area contributed by atoms with Gasteiger partial charge in [0.25, 0.3) is 5.91 Å². The number of likely N-dealkylation sites (tertiary alicyclic amines) is 1. The van der Waals surface area contributed by atoms with E-state index in [1.807, 2.05) is 70.7 Å². The second kappa shape index (κ2) is 9.50. The van der Waals surface area contributed by atoms with Gasteiger partial charge in [-0.2, -0.15) is 10.1 Å². The molecule has 4 atom stereocenters. The maximum atomic E-state index is 13.8. The van der Waals surface area contributed by atoms with Gasteiger partial charge < -0.3 is 15.3 Å². The standard InChI is InChI=1S/C27H32N6O3S/c1-15(2)22(18-11-29-32(5)12-18)25(35)33-13-20(34)10-21(33)24-30-26(36)27(4,31-24)19-8-6-17(7-9-19)23-16(3)28-14-37-23/h6-9,11-12,14-15,20-22,34H,10,13H2,1-5H3,(H,30,31,36)/t20-,21-,22?,27?/m1/s1. The Morgan fingerprint density at radius 2 is 2.00 bits per heavy atom. The lowest BCUT2D eigenvalue weighted by Crippen LogP contribution is -2.51. The van der Waals surface area contributed by atoms with Gasteiger partial charge in [0.2, 0.25) is 5.91 Å². The molecule has 2 N–H and O–H groups in total. The van der Waals surface area contributed by atoms with E-state index in [0.29, 0.717) is 12.3 Å². The Balaban J connectivity index is 1.39. The van der Waals surface area contributed by atoms with Crippen LogP contribution >= 0.6 is 11.3 Å². The van der Waals surface area contributed by atoms with Crippen molar-refractivity contribution >= 4 is 29.0 Å². The first kappa shape index (κ1) is 25.3. The summed E-state index contributed by atoms with van der Waals surface area (Å²) in [6.07, 6.45) is 3.20. The highest BCUT2D eigenvalue weighted by Crippen LogP contribution is 2.35. The molecule has 1 fully saturated rings. The van der Waals surface area contributed by atoms with Gasteiger partial charge in [0, 0.05) is 31.8 Å². The van der Waals surface area contributed by atoms with Crippen molar-refractivity contribution < 1.29 is 14.7 Å². The molecule has 9 nitrogen and oxygen atoms in total. The first-order valence-corrected chi connectivity index (χ1v) is 13.4. The average molecular weight is 521 g/mol. The number of aliphatic hydroxyl groups is 1. The molecular formula is C27H32N6O3S. The summed E-state index contributed by atoms with van der Waals surface area (Å²) in [6, 6.07) is 7.34. The number of nitrogens with one attached hydrogen (secondary N) is 1. The Morgan fingerprint density at radius 1 is 1.27 bits per heavy atom. The zero-order chi connectivity index (χ0) is 26.5. The van der Waals surface area contributed by atoms with E-state index in [4.69, 9.17) is 0 Å². The molecule has 10 heteroatoms. The first-order chi connectivity index (χ1) is 17.6. The molecule has 2 unspecified atom stereocenters. The maximum Gasteiger partial charge on any atom is 0.277 e. The third kappa shape index (κ3) is 4.48. The Hall–Kier alpha value is -3.37. The van der Waals surface area contributed by atoms with E-state index in [-0.39, 0.29) is 24.3 Å². The minimum absolute atomic E-state index is 0.0289. The van der Waals surface area contributed by atoms with Gasteiger partial charge in [-0.3, -0.25) is 14.3 Å². The number of carbonyl (C=O) groups excluding carboxylic acids is 2. The molecule has 37 heavy (non-hydrogen) atoms. The zero-order valence-electron chi connectivity index (χ0n) is 21.7. The van der Waals surface area contributed by atoms with E-state index in [0.717, 1.165) is 27.3 Å². The van der Waals surface area contributed by atoms with Crippen LogP contribution in [0.4, 0.5) is 0 Å². The summed E-state index contributed by atoms with van der Waals surface area (Å²) in [5.41, 5.74) is 4.41. The molecular weight excluding hydrogens is 488 g/mol. The molecule has 0 bridgehead atoms. The van der Waals surface area contributed by atoms with E-state index in [9.17, 15) is 14.7 Å². The molecule has 5 rings (SSSR count). The topological polar surface area (TPSA) is 113 Å². The molecule has 1 aromatic carbocycles. The summed E-state index contributed by atoms with van der Waals surface area (Å²) < 4.78 is 1.68. The SMILES string of the molecule is Cc1ncsc1-c1ccc(C2(C)NC([C@H]3C[C@@H](O)CN3C(=O)C(c3cnn(C)c3)C(C)C)=NC2=O)cc1. The average Bonchev–Trinajstić information content (AvgIpc) is 3.62. The van der Waals surface area contributed by atoms with E-state index in [1.165, 1.54) is 0 Å². The Bertz CT molecular complexity index is 1360. The predicted molar refractivity (Wildman–Crippen MR) is 142 cm³/mol. The number of amidine groups is 1. The second-order valence-electron chi connectivity index (χ2n) is 10.5. The molecule has 2 aliphatic heterocycles. The lowest BCUT2D eigenvalue weighted by molar-refractivity contribution is -0.134. The largest absolute Gasteiger partial charge is 0.391 e. The zero-order valence-corrected chi connectivity index (χ0v) is 22.5. The van der Waals surface area contributed by atoms with Crippen molar-refractivity contribution in [1.29, 1.82) is 0 Å². The molecule has 3 aromatic rings. The number of aliphatic hydroxyl groups excluding tert-OH is 1. The van der Waals surface area contributed by atoms with E-state index >= 15 is 0 Å². The lowest BCUT2D eigenvalue weighted by atomic mass is 9.88. The van der Waals surface area contributed by atoms with Gasteiger partial charge in [-0.05, 0) is 30.9 Å². The number of carbonyl (C=O) groups is 2. The third-order valence-corrected chi connectivity index (χ3v) is 8.37. The number of hydrogen-bond donors (Lipinski definition) is 2. The molecule has 2 amide bonds. The van der Waals surface area contributed by atoms with Crippen LogP contribution < -0.4 is 5.32 Å². The van der Waals surface area contributed by atoms with Gasteiger partial charge in [0.15, 0.2) is 0 Å². The van der Waals surface area contributed by atoms with Crippen molar-refractivity contribution in [2.45, 2.75) is 57.7 Å². The summed E-state index contributed by atoms with van der Waals surface area (Å²) in [5.74, 6) is -0.368. The number of benzene rings is 1. The molecule has 194 valence electrons. The summed E-state index contributed by atoms with van der Waals surface area (Å²) in [4.78, 5) is 38.5. The fraction of sp³-hybridized carbons (Fsp3) is 0.444. The quantitative estimate of drug-likeness (QED) is 0.517. The fourth-order valence-corrected chi connectivity index (χ4v) is 6.17. The highest BCUT2D eigenvalue weighted by molar-refractivity contribution is 7.13. The van der Waals surface area contributed by atoms with Gasteiger partial charge in [-0.1, -0.05) is 38.1 Å². The molecule has 4 heterocycles. The van der Waals surface area contributed by atoms with Gasteiger partial charge >= 0.3 is 0 Å². The highest BCUT2D eigenvalue weighted by Gasteiger charge is 2.48. The van der Waals surface area contributed by atoms with Crippen LogP contribution in [-0.2, 0) is 22.2 Å². The second-order valence-corrected chi connectivity index (χ2v) is 11.3. The number of rotatable bonds is 6. The molecule has 0 radical (unpaired) electrons. The van der Waals surface area contributed by atoms with Crippen LogP contribution in [0.5, 0.6) is 0 Å². The maximum absolute atomic E-state index is 13.8. The van der Waals surface area contributed by atoms with Gasteiger partial charge in [-0.25, -0.2) is 4.98 Å².